The number of aromatic nitrogens is 1. The van der Waals surface area contributed by atoms with Crippen LogP contribution in [0, 0.1) is 11.2 Å². The Bertz CT molecular complexity index is 972. The number of benzene rings is 1. The van der Waals surface area contributed by atoms with Crippen molar-refractivity contribution in [2.45, 2.75) is 38.6 Å². The molecular formula is C25H31FN4O2. The Labute approximate surface area is 188 Å². The first-order valence-electron chi connectivity index (χ1n) is 11.3. The van der Waals surface area contributed by atoms with Crippen molar-refractivity contribution in [2.24, 2.45) is 5.41 Å². The lowest BCUT2D eigenvalue weighted by molar-refractivity contribution is -0.145. The van der Waals surface area contributed by atoms with Crippen LogP contribution >= 0.6 is 0 Å². The fourth-order valence-electron chi connectivity index (χ4n) is 4.81. The third-order valence-corrected chi connectivity index (χ3v) is 6.77. The molecule has 2 aliphatic rings. The van der Waals surface area contributed by atoms with Crippen molar-refractivity contribution >= 4 is 11.8 Å². The summed E-state index contributed by atoms with van der Waals surface area (Å²) in [7, 11) is 2.08. The summed E-state index contributed by atoms with van der Waals surface area (Å²) in [5.74, 6) is -0.298. The Hall–Kier alpha value is -2.80. The van der Waals surface area contributed by atoms with Gasteiger partial charge in [0.25, 0.3) is 5.91 Å². The van der Waals surface area contributed by atoms with Crippen molar-refractivity contribution in [3.05, 3.63) is 54.0 Å². The van der Waals surface area contributed by atoms with Crippen LogP contribution in [0.25, 0.3) is 11.3 Å². The smallest absolute Gasteiger partial charge is 0.253 e. The van der Waals surface area contributed by atoms with E-state index in [-0.39, 0.29) is 23.7 Å². The lowest BCUT2D eigenvalue weighted by atomic mass is 9.72. The SMILES string of the molecule is CN1CCN(C(=O)[C@@]2(C)CCC[C@@H](NC(=O)c3ccc(-c4cccc(F)c4)nc3)C2)CC1. The number of amides is 2. The maximum atomic E-state index is 13.5. The Kier molecular flexibility index (Phi) is 6.55. The van der Waals surface area contributed by atoms with Crippen LogP contribution in [-0.4, -0.2) is 65.9 Å². The number of likely N-dealkylation sites (N-methyl/N-ethyl adjacent to an activating group) is 1. The molecule has 2 atom stereocenters. The number of piperazine rings is 1. The van der Waals surface area contributed by atoms with Crippen LogP contribution in [-0.2, 0) is 4.79 Å². The summed E-state index contributed by atoms with van der Waals surface area (Å²) < 4.78 is 13.5. The van der Waals surface area contributed by atoms with Crippen LogP contribution < -0.4 is 5.32 Å². The molecule has 170 valence electrons. The number of hydrogen-bond acceptors (Lipinski definition) is 4. The summed E-state index contributed by atoms with van der Waals surface area (Å²) in [5, 5.41) is 3.11. The predicted octanol–water partition coefficient (Wildman–Crippen LogP) is 3.34. The van der Waals surface area contributed by atoms with Gasteiger partial charge in [-0.15, -0.1) is 0 Å². The number of nitrogens with zero attached hydrogens (tertiary/aromatic N) is 3. The zero-order valence-corrected chi connectivity index (χ0v) is 18.8. The van der Waals surface area contributed by atoms with E-state index in [2.05, 4.69) is 22.2 Å². The third-order valence-electron chi connectivity index (χ3n) is 6.77. The average Bonchev–Trinajstić information content (AvgIpc) is 2.79. The van der Waals surface area contributed by atoms with Gasteiger partial charge in [-0.25, -0.2) is 4.39 Å². The van der Waals surface area contributed by atoms with E-state index >= 15 is 0 Å². The van der Waals surface area contributed by atoms with Crippen LogP contribution in [0.3, 0.4) is 0 Å². The van der Waals surface area contributed by atoms with E-state index < -0.39 is 5.41 Å². The molecule has 0 bridgehead atoms. The lowest BCUT2D eigenvalue weighted by Gasteiger charge is -2.42. The zero-order valence-electron chi connectivity index (χ0n) is 18.8. The summed E-state index contributed by atoms with van der Waals surface area (Å²) in [4.78, 5) is 34.6. The Balaban J connectivity index is 1.38. The lowest BCUT2D eigenvalue weighted by Crippen LogP contribution is -2.54. The molecule has 0 unspecified atom stereocenters. The molecule has 1 aliphatic heterocycles. The minimum atomic E-state index is -0.439. The molecule has 7 heteroatoms. The molecule has 2 amide bonds. The molecule has 0 spiro atoms. The molecule has 0 radical (unpaired) electrons. The topological polar surface area (TPSA) is 65.5 Å². The minimum absolute atomic E-state index is 0.0411. The fraction of sp³-hybridized carbons (Fsp3) is 0.480. The number of hydrogen-bond donors (Lipinski definition) is 1. The second-order valence-corrected chi connectivity index (χ2v) is 9.37. The van der Waals surface area contributed by atoms with Crippen LogP contribution in [0.4, 0.5) is 4.39 Å². The van der Waals surface area contributed by atoms with E-state index in [9.17, 15) is 14.0 Å². The maximum absolute atomic E-state index is 13.5. The molecule has 4 rings (SSSR count). The van der Waals surface area contributed by atoms with E-state index in [1.807, 2.05) is 11.8 Å². The number of carbonyl (C=O) groups excluding carboxylic acids is 2. The van der Waals surface area contributed by atoms with Crippen molar-refractivity contribution in [3.63, 3.8) is 0 Å². The maximum Gasteiger partial charge on any atom is 0.253 e. The highest BCUT2D eigenvalue weighted by atomic mass is 19.1. The largest absolute Gasteiger partial charge is 0.349 e. The van der Waals surface area contributed by atoms with Crippen LogP contribution in [0.15, 0.2) is 42.6 Å². The van der Waals surface area contributed by atoms with Crippen LogP contribution in [0.5, 0.6) is 0 Å². The third kappa shape index (κ3) is 4.99. The molecule has 32 heavy (non-hydrogen) atoms. The molecule has 2 heterocycles. The van der Waals surface area contributed by atoms with Gasteiger partial charge >= 0.3 is 0 Å². The van der Waals surface area contributed by atoms with Gasteiger partial charge in [0.1, 0.15) is 5.82 Å². The number of halogens is 1. The van der Waals surface area contributed by atoms with Crippen molar-refractivity contribution < 1.29 is 14.0 Å². The molecule has 6 nitrogen and oxygen atoms in total. The summed E-state index contributed by atoms with van der Waals surface area (Å²) in [5.41, 5.74) is 1.31. The Morgan fingerprint density at radius 1 is 1.16 bits per heavy atom. The molecule has 1 aliphatic carbocycles. The predicted molar refractivity (Wildman–Crippen MR) is 122 cm³/mol. The van der Waals surface area contributed by atoms with Crippen molar-refractivity contribution in [2.75, 3.05) is 33.2 Å². The second-order valence-electron chi connectivity index (χ2n) is 9.37. The first-order chi connectivity index (χ1) is 15.3. The second kappa shape index (κ2) is 9.36. The van der Waals surface area contributed by atoms with Gasteiger partial charge in [-0.1, -0.05) is 25.5 Å². The standard InChI is InChI=1S/C25H31FN4O2/c1-25(24(32)30-13-11-29(2)12-14-30)10-4-7-21(16-25)28-23(31)19-8-9-22(27-17-19)18-5-3-6-20(26)15-18/h3,5-6,8-9,15,17,21H,4,7,10-14,16H2,1-2H3,(H,28,31)/t21-,25+/m1/s1. The number of rotatable bonds is 4. The van der Waals surface area contributed by atoms with E-state index in [0.717, 1.165) is 45.4 Å². The van der Waals surface area contributed by atoms with Gasteiger partial charge in [0.05, 0.1) is 11.3 Å². The molecule has 1 aromatic carbocycles. The van der Waals surface area contributed by atoms with E-state index in [4.69, 9.17) is 0 Å². The molecule has 1 N–H and O–H groups in total. The van der Waals surface area contributed by atoms with E-state index in [0.29, 0.717) is 23.2 Å². The highest BCUT2D eigenvalue weighted by molar-refractivity contribution is 5.94. The summed E-state index contributed by atoms with van der Waals surface area (Å²) in [6.07, 6.45) is 4.81. The van der Waals surface area contributed by atoms with Gasteiger partial charge in [0, 0.05) is 49.4 Å². The summed E-state index contributed by atoms with van der Waals surface area (Å²) in [6, 6.07) is 9.62. The van der Waals surface area contributed by atoms with Crippen molar-refractivity contribution in [1.82, 2.24) is 20.1 Å². The average molecular weight is 439 g/mol. The first-order valence-corrected chi connectivity index (χ1v) is 11.3. The van der Waals surface area contributed by atoms with Gasteiger partial charge in [-0.2, -0.15) is 0 Å². The Morgan fingerprint density at radius 2 is 1.94 bits per heavy atom. The number of carbonyl (C=O) groups is 2. The van der Waals surface area contributed by atoms with Crippen LogP contribution in [0.1, 0.15) is 43.0 Å². The Morgan fingerprint density at radius 3 is 2.62 bits per heavy atom. The van der Waals surface area contributed by atoms with Crippen molar-refractivity contribution in [3.8, 4) is 11.3 Å². The zero-order chi connectivity index (χ0) is 22.7. The molecule has 2 aromatic rings. The van der Waals surface area contributed by atoms with Gasteiger partial charge < -0.3 is 15.1 Å². The number of nitrogens with one attached hydrogen (secondary N) is 1. The van der Waals surface area contributed by atoms with E-state index in [1.54, 1.807) is 24.3 Å². The summed E-state index contributed by atoms with van der Waals surface area (Å²) >= 11 is 0. The highest BCUT2D eigenvalue weighted by Crippen LogP contribution is 2.38. The highest BCUT2D eigenvalue weighted by Gasteiger charge is 2.41. The molecule has 2 fully saturated rings. The molecule has 1 aromatic heterocycles. The number of pyridine rings is 1. The molecular weight excluding hydrogens is 407 g/mol. The molecule has 1 saturated heterocycles. The van der Waals surface area contributed by atoms with Gasteiger partial charge in [-0.05, 0) is 50.6 Å². The first kappa shape index (κ1) is 22.4. The summed E-state index contributed by atoms with van der Waals surface area (Å²) in [6.45, 7) is 5.39. The quantitative estimate of drug-likeness (QED) is 0.795. The minimum Gasteiger partial charge on any atom is -0.349 e. The van der Waals surface area contributed by atoms with Crippen molar-refractivity contribution in [1.29, 1.82) is 0 Å². The van der Waals surface area contributed by atoms with E-state index in [1.165, 1.54) is 18.3 Å². The fourth-order valence-corrected chi connectivity index (χ4v) is 4.81. The monoisotopic (exact) mass is 438 g/mol. The van der Waals surface area contributed by atoms with Crippen LogP contribution in [0.2, 0.25) is 0 Å². The van der Waals surface area contributed by atoms with Gasteiger partial charge in [0.15, 0.2) is 0 Å². The normalized spacial score (nSPS) is 24.2. The van der Waals surface area contributed by atoms with Gasteiger partial charge in [-0.3, -0.25) is 14.6 Å². The molecule has 1 saturated carbocycles. The van der Waals surface area contributed by atoms with Gasteiger partial charge in [0.2, 0.25) is 5.91 Å².